The monoisotopic (exact) mass is 141 g/mol. The molecule has 10 heavy (non-hydrogen) atoms. The van der Waals surface area contributed by atoms with Gasteiger partial charge >= 0.3 is 0 Å². The van der Waals surface area contributed by atoms with Crippen LogP contribution in [0.2, 0.25) is 5.31 Å². The maximum Gasteiger partial charge on any atom is 0.298 e. The average molecular weight is 141 g/mol. The Morgan fingerprint density at radius 1 is 1.60 bits per heavy atom. The molecule has 0 spiro atoms. The van der Waals surface area contributed by atoms with E-state index in [2.05, 4.69) is 20.8 Å². The maximum absolute atomic E-state index is 5.27. The van der Waals surface area contributed by atoms with Gasteiger partial charge in [-0.2, -0.15) is 0 Å². The summed E-state index contributed by atoms with van der Waals surface area (Å²) in [5, 5.41) is 0.162. The van der Waals surface area contributed by atoms with E-state index in [1.54, 1.807) is 0 Å². The summed E-state index contributed by atoms with van der Waals surface area (Å²) in [6.07, 6.45) is 0.374. The Morgan fingerprint density at radius 3 is 2.60 bits per heavy atom. The molecule has 1 radical (unpaired) electrons. The van der Waals surface area contributed by atoms with Crippen LogP contribution < -0.4 is 0 Å². The summed E-state index contributed by atoms with van der Waals surface area (Å²) < 4.78 is 10.3. The Kier molecular flexibility index (Phi) is 2.37. The van der Waals surface area contributed by atoms with E-state index in [-0.39, 0.29) is 5.31 Å². The molecule has 2 nitrogen and oxygen atoms in total. The van der Waals surface area contributed by atoms with Crippen molar-refractivity contribution in [3.63, 3.8) is 0 Å². The van der Waals surface area contributed by atoms with Gasteiger partial charge in [0.25, 0.3) is 7.48 Å². The zero-order valence-corrected chi connectivity index (χ0v) is 6.89. The van der Waals surface area contributed by atoms with Crippen molar-refractivity contribution in [3.8, 4) is 0 Å². The summed E-state index contributed by atoms with van der Waals surface area (Å²) in [6.45, 7) is 7.93. The predicted molar refractivity (Wildman–Crippen MR) is 41.2 cm³/mol. The molecule has 3 heteroatoms. The minimum absolute atomic E-state index is 0.162. The smallest absolute Gasteiger partial charge is 0.298 e. The van der Waals surface area contributed by atoms with E-state index < -0.39 is 0 Å². The number of ether oxygens (including phenoxy) is 1. The van der Waals surface area contributed by atoms with Gasteiger partial charge in [-0.15, -0.1) is 0 Å². The molecule has 0 aliphatic carbocycles. The van der Waals surface area contributed by atoms with Gasteiger partial charge in [-0.05, 0) is 5.31 Å². The zero-order valence-electron chi connectivity index (χ0n) is 6.89. The molecular weight excluding hydrogens is 127 g/mol. The molecule has 0 aromatic rings. The molecule has 57 valence electrons. The summed E-state index contributed by atoms with van der Waals surface area (Å²) in [7, 11) is 1.87. The van der Waals surface area contributed by atoms with Crippen molar-refractivity contribution in [2.75, 3.05) is 13.2 Å². The van der Waals surface area contributed by atoms with Crippen LogP contribution in [0.25, 0.3) is 0 Å². The number of hydrogen-bond donors (Lipinski definition) is 0. The SMILES string of the molecule is CC(C)(C)[B]OCC1CO1. The molecule has 1 fully saturated rings. The van der Waals surface area contributed by atoms with Crippen LogP contribution in [0.5, 0.6) is 0 Å². The number of epoxide rings is 1. The highest BCUT2D eigenvalue weighted by Crippen LogP contribution is 2.20. The van der Waals surface area contributed by atoms with Crippen molar-refractivity contribution >= 4 is 7.48 Å². The highest BCUT2D eigenvalue weighted by atomic mass is 16.6. The lowest BCUT2D eigenvalue weighted by Gasteiger charge is -2.14. The third-order valence-corrected chi connectivity index (χ3v) is 1.12. The van der Waals surface area contributed by atoms with E-state index in [1.165, 1.54) is 0 Å². The summed E-state index contributed by atoms with van der Waals surface area (Å²) in [6, 6.07) is 0. The summed E-state index contributed by atoms with van der Waals surface area (Å²) in [5.74, 6) is 0. The maximum atomic E-state index is 5.27. The van der Waals surface area contributed by atoms with Gasteiger partial charge in [0.1, 0.15) is 6.10 Å². The molecule has 0 saturated carbocycles. The van der Waals surface area contributed by atoms with Gasteiger partial charge in [0.15, 0.2) is 0 Å². The molecule has 0 amide bonds. The van der Waals surface area contributed by atoms with Gasteiger partial charge in [0.2, 0.25) is 0 Å². The first-order chi connectivity index (χ1) is 4.58. The molecule has 1 heterocycles. The Balaban J connectivity index is 1.93. The third kappa shape index (κ3) is 3.91. The first kappa shape index (κ1) is 8.09. The van der Waals surface area contributed by atoms with Crippen LogP contribution in [0.3, 0.4) is 0 Å². The van der Waals surface area contributed by atoms with Crippen molar-refractivity contribution < 1.29 is 9.39 Å². The van der Waals surface area contributed by atoms with Crippen LogP contribution in [0.4, 0.5) is 0 Å². The quantitative estimate of drug-likeness (QED) is 0.435. The van der Waals surface area contributed by atoms with Gasteiger partial charge in [0, 0.05) is 0 Å². The Labute approximate surface area is 63.2 Å². The highest BCUT2D eigenvalue weighted by Gasteiger charge is 2.23. The fourth-order valence-electron chi connectivity index (χ4n) is 0.570. The van der Waals surface area contributed by atoms with Crippen LogP contribution in [-0.4, -0.2) is 26.8 Å². The Morgan fingerprint density at radius 2 is 2.20 bits per heavy atom. The molecular formula is C7H14BO2. The average Bonchev–Trinajstić information content (AvgIpc) is 2.45. The van der Waals surface area contributed by atoms with Crippen molar-refractivity contribution in [1.82, 2.24) is 0 Å². The molecule has 0 aromatic carbocycles. The number of rotatable bonds is 3. The fraction of sp³-hybridized carbons (Fsp3) is 1.00. The second kappa shape index (κ2) is 2.93. The van der Waals surface area contributed by atoms with Gasteiger partial charge < -0.3 is 9.39 Å². The minimum Gasteiger partial charge on any atom is -0.437 e. The lowest BCUT2D eigenvalue weighted by molar-refractivity contribution is 0.265. The molecule has 1 rings (SSSR count). The largest absolute Gasteiger partial charge is 0.437 e. The summed E-state index contributed by atoms with van der Waals surface area (Å²) in [4.78, 5) is 0. The van der Waals surface area contributed by atoms with Crippen LogP contribution in [-0.2, 0) is 9.39 Å². The first-order valence-electron chi connectivity index (χ1n) is 3.65. The minimum atomic E-state index is 0.162. The first-order valence-corrected chi connectivity index (χ1v) is 3.65. The van der Waals surface area contributed by atoms with Gasteiger partial charge in [-0.3, -0.25) is 0 Å². The third-order valence-electron chi connectivity index (χ3n) is 1.12. The molecule has 1 atom stereocenters. The lowest BCUT2D eigenvalue weighted by Crippen LogP contribution is -2.15. The van der Waals surface area contributed by atoms with Crippen molar-refractivity contribution in [2.45, 2.75) is 32.2 Å². The van der Waals surface area contributed by atoms with Crippen LogP contribution in [0, 0.1) is 0 Å². The normalized spacial score (nSPS) is 24.5. The molecule has 0 aromatic heterocycles. The van der Waals surface area contributed by atoms with Crippen molar-refractivity contribution in [2.24, 2.45) is 0 Å². The highest BCUT2D eigenvalue weighted by molar-refractivity contribution is 6.31. The van der Waals surface area contributed by atoms with E-state index in [9.17, 15) is 0 Å². The lowest BCUT2D eigenvalue weighted by atomic mass is 9.68. The predicted octanol–water partition coefficient (Wildman–Crippen LogP) is 1.24. The molecule has 1 unspecified atom stereocenters. The van der Waals surface area contributed by atoms with Gasteiger partial charge in [0.05, 0.1) is 13.2 Å². The molecule has 1 aliphatic rings. The Hall–Kier alpha value is -0.0151. The molecule has 0 N–H and O–H groups in total. The molecule has 0 bridgehead atoms. The fourth-order valence-corrected chi connectivity index (χ4v) is 0.570. The van der Waals surface area contributed by atoms with Crippen molar-refractivity contribution in [1.29, 1.82) is 0 Å². The van der Waals surface area contributed by atoms with Crippen molar-refractivity contribution in [3.05, 3.63) is 0 Å². The van der Waals surface area contributed by atoms with E-state index >= 15 is 0 Å². The van der Waals surface area contributed by atoms with E-state index in [1.807, 2.05) is 7.48 Å². The second-order valence-corrected chi connectivity index (χ2v) is 3.77. The molecule has 1 aliphatic heterocycles. The summed E-state index contributed by atoms with van der Waals surface area (Å²) in [5.41, 5.74) is 0. The van der Waals surface area contributed by atoms with E-state index in [0.29, 0.717) is 6.10 Å². The van der Waals surface area contributed by atoms with Gasteiger partial charge in [-0.25, -0.2) is 0 Å². The van der Waals surface area contributed by atoms with Crippen LogP contribution >= 0.6 is 0 Å². The number of hydrogen-bond acceptors (Lipinski definition) is 2. The summed E-state index contributed by atoms with van der Waals surface area (Å²) >= 11 is 0. The second-order valence-electron chi connectivity index (χ2n) is 3.77. The van der Waals surface area contributed by atoms with Crippen LogP contribution in [0.15, 0.2) is 0 Å². The molecule has 1 saturated heterocycles. The van der Waals surface area contributed by atoms with Gasteiger partial charge in [-0.1, -0.05) is 20.8 Å². The standard InChI is InChI=1S/C7H14BO2/c1-7(2,3)8-10-5-6-4-9-6/h6H,4-5H2,1-3H3. The van der Waals surface area contributed by atoms with Crippen LogP contribution in [0.1, 0.15) is 20.8 Å². The van der Waals surface area contributed by atoms with E-state index in [0.717, 1.165) is 13.2 Å². The Bertz CT molecular complexity index is 105. The van der Waals surface area contributed by atoms with E-state index in [4.69, 9.17) is 9.39 Å². The topological polar surface area (TPSA) is 21.8 Å². The zero-order chi connectivity index (χ0) is 7.61.